The van der Waals surface area contributed by atoms with Gasteiger partial charge < -0.3 is 4.74 Å². The average Bonchev–Trinajstić information content (AvgIpc) is 3.51. The van der Waals surface area contributed by atoms with Gasteiger partial charge in [-0.15, -0.1) is 0 Å². The molecule has 0 unspecified atom stereocenters. The van der Waals surface area contributed by atoms with Crippen molar-refractivity contribution in [2.75, 3.05) is 0 Å². The molecule has 1 saturated carbocycles. The van der Waals surface area contributed by atoms with E-state index in [2.05, 4.69) is 5.10 Å². The molecular weight excluding hydrogens is 444 g/mol. The summed E-state index contributed by atoms with van der Waals surface area (Å²) in [4.78, 5) is 46.6. The van der Waals surface area contributed by atoms with Crippen molar-refractivity contribution in [3.63, 3.8) is 0 Å². The number of non-ortho nitro benzene ring substituents is 1. The lowest BCUT2D eigenvalue weighted by Gasteiger charge is -2.13. The summed E-state index contributed by atoms with van der Waals surface area (Å²) < 4.78 is 5.55. The molecule has 3 aliphatic rings. The average molecular weight is 462 g/mol. The van der Waals surface area contributed by atoms with Crippen molar-refractivity contribution in [3.8, 4) is 5.75 Å². The molecule has 0 aromatic heterocycles. The van der Waals surface area contributed by atoms with Crippen LogP contribution in [0.3, 0.4) is 0 Å². The zero-order valence-electron chi connectivity index (χ0n) is 17.6. The van der Waals surface area contributed by atoms with E-state index in [1.807, 2.05) is 12.2 Å². The second kappa shape index (κ2) is 8.18. The number of hydrazone groups is 1. The van der Waals surface area contributed by atoms with Gasteiger partial charge in [-0.05, 0) is 48.1 Å². The molecule has 0 spiro atoms. The summed E-state index contributed by atoms with van der Waals surface area (Å²) in [5.74, 6) is -1.26. The van der Waals surface area contributed by atoms with E-state index < -0.39 is 9.85 Å². The third kappa shape index (κ3) is 3.60. The van der Waals surface area contributed by atoms with E-state index in [1.54, 1.807) is 0 Å². The van der Waals surface area contributed by atoms with E-state index in [1.165, 1.54) is 48.7 Å². The number of rotatable bonds is 7. The van der Waals surface area contributed by atoms with Crippen LogP contribution in [0.1, 0.15) is 17.5 Å². The van der Waals surface area contributed by atoms with Gasteiger partial charge in [-0.2, -0.15) is 10.1 Å². The maximum Gasteiger partial charge on any atom is 0.311 e. The van der Waals surface area contributed by atoms with Gasteiger partial charge in [0.1, 0.15) is 6.61 Å². The lowest BCUT2D eigenvalue weighted by molar-refractivity contribution is -0.386. The summed E-state index contributed by atoms with van der Waals surface area (Å²) in [5.41, 5.74) is 0.545. The summed E-state index contributed by atoms with van der Waals surface area (Å²) in [5, 5.41) is 27.2. The summed E-state index contributed by atoms with van der Waals surface area (Å²) in [6.07, 6.45) is 6.04. The van der Waals surface area contributed by atoms with E-state index in [-0.39, 0.29) is 59.2 Å². The van der Waals surface area contributed by atoms with Gasteiger partial charge in [-0.1, -0.05) is 12.2 Å². The van der Waals surface area contributed by atoms with Crippen molar-refractivity contribution in [2.24, 2.45) is 28.8 Å². The molecule has 2 aliphatic carbocycles. The third-order valence-corrected chi connectivity index (χ3v) is 6.49. The summed E-state index contributed by atoms with van der Waals surface area (Å²) in [6, 6.07) is 9.83. The molecule has 5 rings (SSSR count). The second-order valence-electron chi connectivity index (χ2n) is 8.43. The van der Waals surface area contributed by atoms with Crippen LogP contribution in [0, 0.1) is 43.9 Å². The molecule has 0 N–H and O–H groups in total. The van der Waals surface area contributed by atoms with Crippen LogP contribution in [-0.2, 0) is 16.2 Å². The lowest BCUT2D eigenvalue weighted by atomic mass is 9.85. The normalized spacial score (nSPS) is 24.8. The molecule has 2 aromatic carbocycles. The second-order valence-corrected chi connectivity index (χ2v) is 8.43. The van der Waals surface area contributed by atoms with Crippen LogP contribution in [-0.4, -0.2) is 32.9 Å². The molecule has 2 fully saturated rings. The highest BCUT2D eigenvalue weighted by molar-refractivity contribution is 6.06. The Morgan fingerprint density at radius 2 is 1.62 bits per heavy atom. The minimum Gasteiger partial charge on any atom is -0.482 e. The number of ether oxygens (including phenoxy) is 1. The van der Waals surface area contributed by atoms with E-state index in [0.717, 1.165) is 11.4 Å². The van der Waals surface area contributed by atoms with Gasteiger partial charge in [0.2, 0.25) is 0 Å². The molecular formula is C23H18N4O7. The van der Waals surface area contributed by atoms with Crippen LogP contribution in [0.2, 0.25) is 0 Å². The third-order valence-electron chi connectivity index (χ3n) is 6.49. The number of allylic oxidation sites excluding steroid dienone is 2. The predicted molar refractivity (Wildman–Crippen MR) is 118 cm³/mol. The highest BCUT2D eigenvalue weighted by Gasteiger charge is 2.59. The van der Waals surface area contributed by atoms with Crippen molar-refractivity contribution >= 4 is 29.4 Å². The van der Waals surface area contributed by atoms with Crippen molar-refractivity contribution in [2.45, 2.75) is 13.0 Å². The number of benzene rings is 2. The summed E-state index contributed by atoms with van der Waals surface area (Å²) in [7, 11) is 0. The highest BCUT2D eigenvalue weighted by atomic mass is 16.6. The molecule has 34 heavy (non-hydrogen) atoms. The Bertz CT molecular complexity index is 1240. The number of carbonyl (C=O) groups excluding carboxylic acids is 2. The van der Waals surface area contributed by atoms with Crippen LogP contribution in [0.4, 0.5) is 11.4 Å². The molecule has 11 nitrogen and oxygen atoms in total. The molecule has 2 bridgehead atoms. The molecule has 11 heteroatoms. The SMILES string of the molecule is O=C1[C@@H]2[C@H](C(=O)N1N=Cc1ccc(OCc3ccc([N+](=O)[O-])cc3)c([N+](=O)[O-])c1)[C@H]1C=C[C@H]2C1. The van der Waals surface area contributed by atoms with Crippen LogP contribution >= 0.6 is 0 Å². The number of fused-ring (bicyclic) bond motifs is 5. The van der Waals surface area contributed by atoms with Crippen LogP contribution in [0.25, 0.3) is 0 Å². The fraction of sp³-hybridized carbons (Fsp3) is 0.261. The first-order chi connectivity index (χ1) is 16.3. The topological polar surface area (TPSA) is 145 Å². The monoisotopic (exact) mass is 462 g/mol. The highest BCUT2D eigenvalue weighted by Crippen LogP contribution is 2.52. The van der Waals surface area contributed by atoms with E-state index in [0.29, 0.717) is 11.1 Å². The van der Waals surface area contributed by atoms with Crippen molar-refractivity contribution < 1.29 is 24.2 Å². The first kappa shape index (κ1) is 21.4. The predicted octanol–water partition coefficient (Wildman–Crippen LogP) is 3.22. The molecule has 1 saturated heterocycles. The lowest BCUT2D eigenvalue weighted by Crippen LogP contribution is -2.28. The van der Waals surface area contributed by atoms with Gasteiger partial charge in [0.15, 0.2) is 5.75 Å². The van der Waals surface area contributed by atoms with Crippen molar-refractivity contribution in [1.82, 2.24) is 5.01 Å². The number of hydrogen-bond acceptors (Lipinski definition) is 8. The van der Waals surface area contributed by atoms with Gasteiger partial charge in [0, 0.05) is 23.8 Å². The van der Waals surface area contributed by atoms with Gasteiger partial charge >= 0.3 is 5.69 Å². The largest absolute Gasteiger partial charge is 0.482 e. The van der Waals surface area contributed by atoms with Crippen LogP contribution in [0.15, 0.2) is 59.7 Å². The van der Waals surface area contributed by atoms with Gasteiger partial charge in [-0.25, -0.2) is 0 Å². The molecule has 2 amide bonds. The molecule has 1 heterocycles. The maximum atomic E-state index is 12.7. The van der Waals surface area contributed by atoms with Crippen molar-refractivity contribution in [3.05, 3.63) is 86.0 Å². The van der Waals surface area contributed by atoms with Crippen LogP contribution < -0.4 is 4.74 Å². The number of nitro groups is 2. The summed E-state index contributed by atoms with van der Waals surface area (Å²) in [6.45, 7) is -0.0256. The molecule has 4 atom stereocenters. The number of amides is 2. The van der Waals surface area contributed by atoms with E-state index in [4.69, 9.17) is 4.74 Å². The fourth-order valence-corrected chi connectivity index (χ4v) is 4.88. The van der Waals surface area contributed by atoms with Gasteiger partial charge in [-0.3, -0.25) is 29.8 Å². The minimum atomic E-state index is -0.609. The number of imide groups is 1. The Kier molecular flexibility index (Phi) is 5.16. The molecule has 0 radical (unpaired) electrons. The number of nitro benzene ring substituents is 2. The molecule has 2 aromatic rings. The number of carbonyl (C=O) groups is 2. The van der Waals surface area contributed by atoms with E-state index >= 15 is 0 Å². The maximum absolute atomic E-state index is 12.7. The fourth-order valence-electron chi connectivity index (χ4n) is 4.88. The van der Waals surface area contributed by atoms with Crippen molar-refractivity contribution in [1.29, 1.82) is 0 Å². The zero-order valence-corrected chi connectivity index (χ0v) is 17.6. The van der Waals surface area contributed by atoms with Crippen LogP contribution in [0.5, 0.6) is 5.75 Å². The quantitative estimate of drug-likeness (QED) is 0.202. The Hall–Kier alpha value is -4.41. The Morgan fingerprint density at radius 1 is 0.971 bits per heavy atom. The Morgan fingerprint density at radius 3 is 2.21 bits per heavy atom. The number of hydrogen-bond donors (Lipinski definition) is 0. The first-order valence-electron chi connectivity index (χ1n) is 10.6. The standard InChI is InChI=1S/C23H18N4O7/c28-22-20-15-4-5-16(10-15)21(20)23(29)25(22)24-11-14-3-8-19(18(9-14)27(32)33)34-12-13-1-6-17(7-2-13)26(30)31/h1-9,11,15-16,20-21H,10,12H2/t15-,16-,20-,21+/m0/s1. The molecule has 172 valence electrons. The van der Waals surface area contributed by atoms with E-state index in [9.17, 15) is 29.8 Å². The van der Waals surface area contributed by atoms with Gasteiger partial charge in [0.25, 0.3) is 17.5 Å². The smallest absolute Gasteiger partial charge is 0.311 e. The summed E-state index contributed by atoms with van der Waals surface area (Å²) >= 11 is 0. The first-order valence-corrected chi connectivity index (χ1v) is 10.6. The number of nitrogens with zero attached hydrogens (tertiary/aromatic N) is 4. The Labute approximate surface area is 192 Å². The Balaban J connectivity index is 1.30. The molecule has 1 aliphatic heterocycles. The van der Waals surface area contributed by atoms with Gasteiger partial charge in [0.05, 0.1) is 27.9 Å². The zero-order chi connectivity index (χ0) is 24.0. The minimum absolute atomic E-state index is 0.00556.